The number of benzene rings is 1. The van der Waals surface area contributed by atoms with Crippen molar-refractivity contribution in [2.45, 2.75) is 12.5 Å². The van der Waals surface area contributed by atoms with Gasteiger partial charge in [-0.2, -0.15) is 11.8 Å². The van der Waals surface area contributed by atoms with E-state index in [0.29, 0.717) is 23.6 Å². The number of hydrogen-bond acceptors (Lipinski definition) is 6. The molecule has 128 valence electrons. The van der Waals surface area contributed by atoms with Crippen LogP contribution in [0.3, 0.4) is 0 Å². The highest BCUT2D eigenvalue weighted by Gasteiger charge is 2.21. The smallest absolute Gasteiger partial charge is 0.328 e. The minimum Gasteiger partial charge on any atom is -0.493 e. The second kappa shape index (κ2) is 9.83. The van der Waals surface area contributed by atoms with Gasteiger partial charge in [0, 0.05) is 11.8 Å². The lowest BCUT2D eigenvalue weighted by atomic mass is 10.2. The molecule has 2 amide bonds. The Morgan fingerprint density at radius 3 is 2.43 bits per heavy atom. The summed E-state index contributed by atoms with van der Waals surface area (Å²) in [6, 6.07) is 3.81. The molecule has 0 saturated heterocycles. The van der Waals surface area contributed by atoms with Crippen molar-refractivity contribution in [1.82, 2.24) is 5.32 Å². The van der Waals surface area contributed by atoms with Gasteiger partial charge in [0.2, 0.25) is 0 Å². The Hall–Kier alpha value is -2.09. The molecule has 0 radical (unpaired) electrons. The minimum atomic E-state index is -0.687. The molecule has 0 spiro atoms. The fourth-order valence-corrected chi connectivity index (χ4v) is 2.34. The summed E-state index contributed by atoms with van der Waals surface area (Å²) in [7, 11) is 4.34. The van der Waals surface area contributed by atoms with Gasteiger partial charge in [0.25, 0.3) is 0 Å². The summed E-state index contributed by atoms with van der Waals surface area (Å²) in [5, 5.41) is 5.26. The Morgan fingerprint density at radius 2 is 1.87 bits per heavy atom. The number of nitrogens with one attached hydrogen (secondary N) is 2. The zero-order valence-electron chi connectivity index (χ0n) is 13.7. The van der Waals surface area contributed by atoms with Crippen molar-refractivity contribution >= 4 is 29.4 Å². The molecule has 0 aromatic heterocycles. The third-order valence-corrected chi connectivity index (χ3v) is 3.69. The standard InChI is InChI=1S/C15H22N2O5S/c1-20-12-6-5-10(9-13(12)21-2)16-15(19)17-11(7-8-23-4)14(18)22-3/h5-6,9,11H,7-8H2,1-4H3,(H2,16,17,19)/t11-/m0/s1. The van der Waals surface area contributed by atoms with Gasteiger partial charge in [-0.1, -0.05) is 0 Å². The van der Waals surface area contributed by atoms with E-state index in [-0.39, 0.29) is 0 Å². The van der Waals surface area contributed by atoms with E-state index in [4.69, 9.17) is 14.2 Å². The van der Waals surface area contributed by atoms with Crippen LogP contribution in [-0.4, -0.2) is 51.4 Å². The van der Waals surface area contributed by atoms with Crippen LogP contribution in [0, 0.1) is 0 Å². The normalized spacial score (nSPS) is 11.3. The van der Waals surface area contributed by atoms with Crippen LogP contribution in [-0.2, 0) is 9.53 Å². The predicted octanol–water partition coefficient (Wildman–Crippen LogP) is 2.12. The molecule has 2 N–H and O–H groups in total. The lowest BCUT2D eigenvalue weighted by Gasteiger charge is -2.17. The van der Waals surface area contributed by atoms with Crippen LogP contribution in [0.5, 0.6) is 11.5 Å². The number of ether oxygens (including phenoxy) is 3. The quantitative estimate of drug-likeness (QED) is 0.704. The summed E-state index contributed by atoms with van der Waals surface area (Å²) in [5.74, 6) is 1.32. The topological polar surface area (TPSA) is 85.9 Å². The third kappa shape index (κ3) is 5.90. The number of anilines is 1. The van der Waals surface area contributed by atoms with Gasteiger partial charge in [0.05, 0.1) is 21.3 Å². The molecule has 0 bridgehead atoms. The van der Waals surface area contributed by atoms with E-state index in [1.807, 2.05) is 6.26 Å². The maximum absolute atomic E-state index is 12.1. The van der Waals surface area contributed by atoms with Crippen LogP contribution in [0.15, 0.2) is 18.2 Å². The first-order valence-electron chi connectivity index (χ1n) is 6.92. The number of urea groups is 1. The summed E-state index contributed by atoms with van der Waals surface area (Å²) < 4.78 is 15.0. The van der Waals surface area contributed by atoms with E-state index in [1.165, 1.54) is 21.3 Å². The highest BCUT2D eigenvalue weighted by atomic mass is 32.2. The van der Waals surface area contributed by atoms with E-state index in [0.717, 1.165) is 5.75 Å². The van der Waals surface area contributed by atoms with Gasteiger partial charge in [0.1, 0.15) is 6.04 Å². The highest BCUT2D eigenvalue weighted by Crippen LogP contribution is 2.29. The van der Waals surface area contributed by atoms with Crippen LogP contribution in [0.1, 0.15) is 6.42 Å². The molecule has 23 heavy (non-hydrogen) atoms. The molecule has 0 aliphatic rings. The molecule has 7 nitrogen and oxygen atoms in total. The van der Waals surface area contributed by atoms with Gasteiger partial charge < -0.3 is 24.8 Å². The zero-order valence-corrected chi connectivity index (χ0v) is 14.5. The highest BCUT2D eigenvalue weighted by molar-refractivity contribution is 7.98. The predicted molar refractivity (Wildman–Crippen MR) is 90.5 cm³/mol. The number of amides is 2. The van der Waals surface area contributed by atoms with Crippen LogP contribution in [0.2, 0.25) is 0 Å². The first-order valence-corrected chi connectivity index (χ1v) is 8.31. The monoisotopic (exact) mass is 342 g/mol. The molecule has 1 rings (SSSR count). The minimum absolute atomic E-state index is 0.471. The van der Waals surface area contributed by atoms with Gasteiger partial charge >= 0.3 is 12.0 Å². The van der Waals surface area contributed by atoms with E-state index in [2.05, 4.69) is 10.6 Å². The number of hydrogen-bond donors (Lipinski definition) is 2. The fourth-order valence-electron chi connectivity index (χ4n) is 1.87. The van der Waals surface area contributed by atoms with Gasteiger partial charge in [-0.15, -0.1) is 0 Å². The summed E-state index contributed by atoms with van der Waals surface area (Å²) in [5.41, 5.74) is 0.522. The molecule has 0 fully saturated rings. The molecule has 8 heteroatoms. The molecule has 0 unspecified atom stereocenters. The van der Waals surface area contributed by atoms with Gasteiger partial charge in [-0.05, 0) is 30.6 Å². The first-order chi connectivity index (χ1) is 11.0. The molecule has 0 saturated carbocycles. The molecule has 0 heterocycles. The molecule has 1 aromatic carbocycles. The average Bonchev–Trinajstić information content (AvgIpc) is 2.57. The number of carbonyl (C=O) groups excluding carboxylic acids is 2. The Morgan fingerprint density at radius 1 is 1.17 bits per heavy atom. The molecule has 0 aliphatic heterocycles. The number of esters is 1. The van der Waals surface area contributed by atoms with Crippen LogP contribution in [0.25, 0.3) is 0 Å². The summed E-state index contributed by atoms with van der Waals surface area (Å²) >= 11 is 1.59. The van der Waals surface area contributed by atoms with Crippen molar-refractivity contribution in [3.63, 3.8) is 0 Å². The van der Waals surface area contributed by atoms with Crippen molar-refractivity contribution in [3.05, 3.63) is 18.2 Å². The lowest BCUT2D eigenvalue weighted by Crippen LogP contribution is -2.44. The van der Waals surface area contributed by atoms with Gasteiger partial charge in [-0.25, -0.2) is 9.59 Å². The lowest BCUT2D eigenvalue weighted by molar-refractivity contribution is -0.142. The van der Waals surface area contributed by atoms with Crippen LogP contribution in [0.4, 0.5) is 10.5 Å². The van der Waals surface area contributed by atoms with Crippen molar-refractivity contribution in [3.8, 4) is 11.5 Å². The third-order valence-electron chi connectivity index (χ3n) is 3.04. The molecular formula is C15H22N2O5S. The van der Waals surface area contributed by atoms with Crippen LogP contribution < -0.4 is 20.1 Å². The van der Waals surface area contributed by atoms with Crippen molar-refractivity contribution < 1.29 is 23.8 Å². The van der Waals surface area contributed by atoms with Gasteiger partial charge in [-0.3, -0.25) is 0 Å². The van der Waals surface area contributed by atoms with Gasteiger partial charge in [0.15, 0.2) is 11.5 Å². The van der Waals surface area contributed by atoms with E-state index >= 15 is 0 Å². The maximum atomic E-state index is 12.1. The Labute approximate surface area is 140 Å². The van der Waals surface area contributed by atoms with Crippen molar-refractivity contribution in [1.29, 1.82) is 0 Å². The second-order valence-electron chi connectivity index (χ2n) is 4.53. The fraction of sp³-hybridized carbons (Fsp3) is 0.467. The Bertz CT molecular complexity index is 539. The number of thioether (sulfide) groups is 1. The zero-order chi connectivity index (χ0) is 17.2. The average molecular weight is 342 g/mol. The van der Waals surface area contributed by atoms with Crippen molar-refractivity contribution in [2.24, 2.45) is 0 Å². The number of rotatable bonds is 8. The largest absolute Gasteiger partial charge is 0.493 e. The Balaban J connectivity index is 2.72. The molecule has 1 aromatic rings. The first kappa shape index (κ1) is 19.0. The summed E-state index contributed by atoms with van der Waals surface area (Å²) in [6.45, 7) is 0. The van der Waals surface area contributed by atoms with E-state index in [9.17, 15) is 9.59 Å². The summed E-state index contributed by atoms with van der Waals surface area (Å²) in [4.78, 5) is 23.7. The molecular weight excluding hydrogens is 320 g/mol. The summed E-state index contributed by atoms with van der Waals surface area (Å²) in [6.07, 6.45) is 2.42. The second-order valence-corrected chi connectivity index (χ2v) is 5.51. The maximum Gasteiger partial charge on any atom is 0.328 e. The van der Waals surface area contributed by atoms with E-state index < -0.39 is 18.0 Å². The number of methoxy groups -OCH3 is 3. The molecule has 1 atom stereocenters. The van der Waals surface area contributed by atoms with E-state index in [1.54, 1.807) is 30.0 Å². The van der Waals surface area contributed by atoms with Crippen LogP contribution >= 0.6 is 11.8 Å². The SMILES string of the molecule is COC(=O)[C@H](CCSC)NC(=O)Nc1ccc(OC)c(OC)c1. The Kier molecular flexibility index (Phi) is 8.10. The number of carbonyl (C=O) groups is 2. The van der Waals surface area contributed by atoms with Crippen molar-refractivity contribution in [2.75, 3.05) is 38.7 Å². The molecule has 0 aliphatic carbocycles.